The number of carboxylic acids is 1. The van der Waals surface area contributed by atoms with Gasteiger partial charge in [-0.25, -0.2) is 9.78 Å². The van der Waals surface area contributed by atoms with E-state index < -0.39 is 12.1 Å². The number of carboxylic acid groups (broad SMARTS) is 1. The highest BCUT2D eigenvalue weighted by molar-refractivity contribution is 5.79. The predicted molar refractivity (Wildman–Crippen MR) is 95.7 cm³/mol. The zero-order valence-electron chi connectivity index (χ0n) is 15.0. The molecule has 28 heavy (non-hydrogen) atoms. The second-order valence-electron chi connectivity index (χ2n) is 6.02. The minimum absolute atomic E-state index is 0.337. The van der Waals surface area contributed by atoms with Crippen LogP contribution < -0.4 is 10.5 Å². The van der Waals surface area contributed by atoms with E-state index in [1.165, 1.54) is 5.56 Å². The Morgan fingerprint density at radius 3 is 2.32 bits per heavy atom. The largest absolute Gasteiger partial charge is 0.497 e. The average Bonchev–Trinajstić information content (AvgIpc) is 2.66. The summed E-state index contributed by atoms with van der Waals surface area (Å²) in [5.74, 6) is -1.62. The number of ether oxygens (including phenoxy) is 1. The third-order valence-electron chi connectivity index (χ3n) is 4.24. The summed E-state index contributed by atoms with van der Waals surface area (Å²) in [5, 5.41) is 16.6. The summed E-state index contributed by atoms with van der Waals surface area (Å²) in [5.41, 5.74) is 10.6. The fraction of sp³-hybridized carbons (Fsp3) is 0.316. The van der Waals surface area contributed by atoms with E-state index in [0.29, 0.717) is 11.4 Å². The number of methoxy groups -OCH3 is 1. The predicted octanol–water partition coefficient (Wildman–Crippen LogP) is 3.72. The smallest absolute Gasteiger partial charge is 0.490 e. The molecule has 1 heterocycles. The lowest BCUT2D eigenvalue weighted by Gasteiger charge is -2.21. The van der Waals surface area contributed by atoms with Crippen molar-refractivity contribution in [1.82, 2.24) is 4.98 Å². The highest BCUT2D eigenvalue weighted by atomic mass is 19.4. The van der Waals surface area contributed by atoms with Crippen molar-refractivity contribution in [1.29, 1.82) is 5.26 Å². The Labute approximate surface area is 159 Å². The number of alkyl halides is 3. The maximum Gasteiger partial charge on any atom is 0.490 e. The fourth-order valence-electron chi connectivity index (χ4n) is 2.95. The number of hydrogen-bond donors (Lipinski definition) is 2. The average molecular weight is 393 g/mol. The number of nitrogen functional groups attached to an aromatic ring is 1. The quantitative estimate of drug-likeness (QED) is 0.805. The molecular weight excluding hydrogens is 375 g/mol. The first kappa shape index (κ1) is 21.0. The zero-order valence-corrected chi connectivity index (χ0v) is 15.0. The van der Waals surface area contributed by atoms with Crippen LogP contribution in [-0.2, 0) is 17.6 Å². The van der Waals surface area contributed by atoms with Crippen LogP contribution in [-0.4, -0.2) is 29.3 Å². The number of fused-ring (bicyclic) bond motifs is 1. The topological polar surface area (TPSA) is 109 Å². The second kappa shape index (κ2) is 8.61. The number of nitrogens with two attached hydrogens (primary N) is 1. The highest BCUT2D eigenvalue weighted by Gasteiger charge is 2.38. The van der Waals surface area contributed by atoms with Crippen molar-refractivity contribution < 1.29 is 27.8 Å². The molecule has 9 heteroatoms. The van der Waals surface area contributed by atoms with Crippen molar-refractivity contribution in [3.05, 3.63) is 41.1 Å². The summed E-state index contributed by atoms with van der Waals surface area (Å²) in [6.07, 6.45) is -0.924. The first-order valence-corrected chi connectivity index (χ1v) is 8.35. The first-order chi connectivity index (χ1) is 13.2. The Morgan fingerprint density at radius 1 is 1.25 bits per heavy atom. The Kier molecular flexibility index (Phi) is 6.46. The number of carbonyl (C=O) groups is 1. The molecule has 3 N–H and O–H groups in total. The molecule has 0 unspecified atom stereocenters. The van der Waals surface area contributed by atoms with Crippen molar-refractivity contribution in [2.24, 2.45) is 0 Å². The molecule has 0 amide bonds. The molecule has 1 aliphatic carbocycles. The van der Waals surface area contributed by atoms with Gasteiger partial charge in [-0.15, -0.1) is 0 Å². The summed E-state index contributed by atoms with van der Waals surface area (Å²) in [6, 6.07) is 9.98. The molecule has 0 saturated heterocycles. The third-order valence-corrected chi connectivity index (χ3v) is 4.24. The monoisotopic (exact) mass is 393 g/mol. The van der Waals surface area contributed by atoms with Crippen LogP contribution in [0, 0.1) is 11.3 Å². The van der Waals surface area contributed by atoms with Crippen LogP contribution in [0.3, 0.4) is 0 Å². The van der Waals surface area contributed by atoms with E-state index in [1.807, 2.05) is 24.3 Å². The Hall–Kier alpha value is -3.28. The minimum atomic E-state index is -5.08. The van der Waals surface area contributed by atoms with Crippen molar-refractivity contribution in [3.8, 4) is 22.9 Å². The van der Waals surface area contributed by atoms with Crippen LogP contribution in [0.15, 0.2) is 24.3 Å². The Balaban J connectivity index is 0.000000345. The molecule has 1 aromatic heterocycles. The van der Waals surface area contributed by atoms with Gasteiger partial charge in [-0.05, 0) is 48.9 Å². The van der Waals surface area contributed by atoms with E-state index >= 15 is 0 Å². The number of halogens is 3. The van der Waals surface area contributed by atoms with Gasteiger partial charge in [0.1, 0.15) is 23.2 Å². The normalized spacial score (nSPS) is 12.8. The molecule has 6 nitrogen and oxygen atoms in total. The Morgan fingerprint density at radius 2 is 1.82 bits per heavy atom. The first-order valence-electron chi connectivity index (χ1n) is 8.35. The summed E-state index contributed by atoms with van der Waals surface area (Å²) in [7, 11) is 1.64. The van der Waals surface area contributed by atoms with Crippen LogP contribution >= 0.6 is 0 Å². The number of nitrogens with zero attached hydrogens (tertiary/aromatic N) is 2. The Bertz CT molecular complexity index is 904. The molecule has 1 aliphatic rings. The third kappa shape index (κ3) is 4.71. The molecule has 2 aromatic rings. The van der Waals surface area contributed by atoms with Gasteiger partial charge in [0.15, 0.2) is 0 Å². The van der Waals surface area contributed by atoms with Gasteiger partial charge in [0, 0.05) is 11.3 Å². The molecule has 148 valence electrons. The SMILES string of the molecule is COc1ccc(-c2c(C#N)c(N)nc3c2CCCC3)cc1.O=C(O)C(F)(F)F. The van der Waals surface area contributed by atoms with Crippen molar-refractivity contribution >= 4 is 11.8 Å². The lowest BCUT2D eigenvalue weighted by molar-refractivity contribution is -0.192. The van der Waals surface area contributed by atoms with Crippen LogP contribution in [0.4, 0.5) is 19.0 Å². The van der Waals surface area contributed by atoms with E-state index in [-0.39, 0.29) is 0 Å². The maximum atomic E-state index is 10.6. The number of aryl methyl sites for hydroxylation is 1. The molecule has 0 fully saturated rings. The van der Waals surface area contributed by atoms with Gasteiger partial charge in [0.25, 0.3) is 0 Å². The maximum absolute atomic E-state index is 10.6. The standard InChI is InChI=1S/C17H17N3O.C2HF3O2/c1-21-12-8-6-11(7-9-12)16-13-4-2-3-5-15(13)20-17(19)14(16)10-18;3-2(4,5)1(6)7/h6-9H,2-5H2,1H3,(H2,19,20);(H,6,7). The molecule has 0 atom stereocenters. The summed E-state index contributed by atoms with van der Waals surface area (Å²) < 4.78 is 36.9. The summed E-state index contributed by atoms with van der Waals surface area (Å²) in [4.78, 5) is 13.3. The zero-order chi connectivity index (χ0) is 20.9. The minimum Gasteiger partial charge on any atom is -0.497 e. The molecule has 0 radical (unpaired) electrons. The molecular formula is C19H18F3N3O3. The van der Waals surface area contributed by atoms with Crippen molar-refractivity contribution in [2.75, 3.05) is 12.8 Å². The lowest BCUT2D eigenvalue weighted by atomic mass is 9.86. The van der Waals surface area contributed by atoms with Gasteiger partial charge in [-0.2, -0.15) is 18.4 Å². The van der Waals surface area contributed by atoms with Crippen molar-refractivity contribution in [2.45, 2.75) is 31.9 Å². The number of rotatable bonds is 2. The number of benzene rings is 1. The number of anilines is 1. The van der Waals surface area contributed by atoms with Gasteiger partial charge in [0.05, 0.1) is 7.11 Å². The van der Waals surface area contributed by atoms with E-state index in [1.54, 1.807) is 7.11 Å². The van der Waals surface area contributed by atoms with Gasteiger partial charge in [-0.1, -0.05) is 12.1 Å². The van der Waals surface area contributed by atoms with E-state index in [9.17, 15) is 18.4 Å². The fourth-order valence-corrected chi connectivity index (χ4v) is 2.95. The molecule has 0 bridgehead atoms. The van der Waals surface area contributed by atoms with Crippen LogP contribution in [0.2, 0.25) is 0 Å². The number of hydrogen-bond acceptors (Lipinski definition) is 5. The number of pyridine rings is 1. The molecule has 0 spiro atoms. The van der Waals surface area contributed by atoms with Crippen LogP contribution in [0.25, 0.3) is 11.1 Å². The van der Waals surface area contributed by atoms with E-state index in [0.717, 1.165) is 48.3 Å². The van der Waals surface area contributed by atoms with Crippen molar-refractivity contribution in [3.63, 3.8) is 0 Å². The number of aromatic nitrogens is 1. The molecule has 0 saturated carbocycles. The molecule has 1 aromatic carbocycles. The number of aliphatic carboxylic acids is 1. The second-order valence-corrected chi connectivity index (χ2v) is 6.02. The number of nitriles is 1. The van der Waals surface area contributed by atoms with Gasteiger partial charge in [-0.3, -0.25) is 0 Å². The summed E-state index contributed by atoms with van der Waals surface area (Å²) in [6.45, 7) is 0. The van der Waals surface area contributed by atoms with Gasteiger partial charge in [0.2, 0.25) is 0 Å². The van der Waals surface area contributed by atoms with E-state index in [4.69, 9.17) is 20.4 Å². The van der Waals surface area contributed by atoms with Gasteiger partial charge < -0.3 is 15.6 Å². The lowest BCUT2D eigenvalue weighted by Crippen LogP contribution is -2.21. The van der Waals surface area contributed by atoms with Crippen LogP contribution in [0.1, 0.15) is 29.7 Å². The summed E-state index contributed by atoms with van der Waals surface area (Å²) >= 11 is 0. The van der Waals surface area contributed by atoms with E-state index in [2.05, 4.69) is 11.1 Å². The molecule has 0 aliphatic heterocycles. The molecule has 3 rings (SSSR count). The van der Waals surface area contributed by atoms with Crippen LogP contribution in [0.5, 0.6) is 5.75 Å². The highest BCUT2D eigenvalue weighted by Crippen LogP contribution is 2.36. The van der Waals surface area contributed by atoms with Gasteiger partial charge >= 0.3 is 12.1 Å².